The molecule has 8 heteroatoms. The molecule has 0 radical (unpaired) electrons. The SMILES string of the molecule is O=C1c2ccccc2S(=O)(=O)N1CCCN1CCC(O)(c2ccc(Cl)cc2)CC1. The largest absolute Gasteiger partial charge is 0.385 e. The molecule has 0 bridgehead atoms. The second-order valence-electron chi connectivity index (χ2n) is 7.61. The maximum atomic E-state index is 12.6. The summed E-state index contributed by atoms with van der Waals surface area (Å²) in [5, 5.41) is 11.6. The molecule has 2 aromatic carbocycles. The van der Waals surface area contributed by atoms with Crippen LogP contribution in [-0.4, -0.2) is 54.8 Å². The third-order valence-electron chi connectivity index (χ3n) is 5.81. The van der Waals surface area contributed by atoms with E-state index in [-0.39, 0.29) is 17.0 Å². The van der Waals surface area contributed by atoms with Gasteiger partial charge in [-0.15, -0.1) is 0 Å². The van der Waals surface area contributed by atoms with Crippen LogP contribution < -0.4 is 0 Å². The van der Waals surface area contributed by atoms with Gasteiger partial charge in [-0.05, 0) is 55.6 Å². The minimum Gasteiger partial charge on any atom is -0.385 e. The molecule has 2 aromatic rings. The molecule has 0 unspecified atom stereocenters. The lowest BCUT2D eigenvalue weighted by Crippen LogP contribution is -2.43. The highest BCUT2D eigenvalue weighted by Crippen LogP contribution is 2.34. The van der Waals surface area contributed by atoms with E-state index in [2.05, 4.69) is 4.90 Å². The van der Waals surface area contributed by atoms with Gasteiger partial charge in [-0.25, -0.2) is 12.7 Å². The number of carbonyl (C=O) groups is 1. The number of aliphatic hydroxyl groups is 1. The van der Waals surface area contributed by atoms with Crippen LogP contribution in [0.3, 0.4) is 0 Å². The highest BCUT2D eigenvalue weighted by atomic mass is 35.5. The maximum absolute atomic E-state index is 12.6. The number of sulfonamides is 1. The standard InChI is InChI=1S/C21H23ClN2O4S/c22-17-8-6-16(7-9-17)21(26)10-14-23(15-11-21)12-3-13-24-20(25)18-4-1-2-5-19(18)29(24,27)28/h1-2,4-9,26H,3,10-15H2. The predicted molar refractivity (Wildman–Crippen MR) is 110 cm³/mol. The Labute approximate surface area is 175 Å². The normalized spacial score (nSPS) is 20.6. The average Bonchev–Trinajstić information content (AvgIpc) is 2.91. The van der Waals surface area contributed by atoms with E-state index in [0.717, 1.165) is 9.87 Å². The zero-order chi connectivity index (χ0) is 20.6. The Morgan fingerprint density at radius 1 is 1.00 bits per heavy atom. The molecular formula is C21H23ClN2O4S. The highest BCUT2D eigenvalue weighted by Gasteiger charge is 2.40. The van der Waals surface area contributed by atoms with Gasteiger partial charge in [0.1, 0.15) is 4.90 Å². The number of hydrogen-bond acceptors (Lipinski definition) is 5. The van der Waals surface area contributed by atoms with Crippen molar-refractivity contribution in [1.29, 1.82) is 0 Å². The van der Waals surface area contributed by atoms with Gasteiger partial charge in [0.05, 0.1) is 11.2 Å². The summed E-state index contributed by atoms with van der Waals surface area (Å²) in [5.41, 5.74) is 0.253. The van der Waals surface area contributed by atoms with Crippen molar-refractivity contribution in [3.8, 4) is 0 Å². The Hall–Kier alpha value is -1.93. The fourth-order valence-electron chi connectivity index (χ4n) is 4.09. The van der Waals surface area contributed by atoms with Gasteiger partial charge in [-0.3, -0.25) is 4.79 Å². The number of nitrogens with zero attached hydrogens (tertiary/aromatic N) is 2. The Morgan fingerprint density at radius 3 is 2.31 bits per heavy atom. The Kier molecular flexibility index (Phi) is 5.42. The summed E-state index contributed by atoms with van der Waals surface area (Å²) in [7, 11) is -3.74. The number of amides is 1. The van der Waals surface area contributed by atoms with E-state index in [0.29, 0.717) is 43.9 Å². The van der Waals surface area contributed by atoms with Crippen LogP contribution in [0.2, 0.25) is 5.02 Å². The molecule has 1 amide bonds. The fourth-order valence-corrected chi connectivity index (χ4v) is 5.82. The minimum atomic E-state index is -3.74. The van der Waals surface area contributed by atoms with Gasteiger partial charge in [0.15, 0.2) is 0 Å². The van der Waals surface area contributed by atoms with E-state index < -0.39 is 21.5 Å². The second-order valence-corrected chi connectivity index (χ2v) is 9.88. The third-order valence-corrected chi connectivity index (χ3v) is 7.90. The van der Waals surface area contributed by atoms with E-state index >= 15 is 0 Å². The molecule has 29 heavy (non-hydrogen) atoms. The lowest BCUT2D eigenvalue weighted by atomic mass is 9.84. The first-order valence-corrected chi connectivity index (χ1v) is 11.5. The second kappa shape index (κ2) is 7.72. The van der Waals surface area contributed by atoms with Crippen molar-refractivity contribution in [2.45, 2.75) is 29.8 Å². The van der Waals surface area contributed by atoms with Gasteiger partial charge in [0.2, 0.25) is 0 Å². The zero-order valence-electron chi connectivity index (χ0n) is 15.9. The van der Waals surface area contributed by atoms with Crippen molar-refractivity contribution >= 4 is 27.5 Å². The Balaban J connectivity index is 1.32. The summed E-state index contributed by atoms with van der Waals surface area (Å²) in [4.78, 5) is 14.7. The summed E-state index contributed by atoms with van der Waals surface area (Å²) >= 11 is 5.93. The van der Waals surface area contributed by atoms with Crippen molar-refractivity contribution in [3.63, 3.8) is 0 Å². The van der Waals surface area contributed by atoms with E-state index in [9.17, 15) is 18.3 Å². The smallest absolute Gasteiger partial charge is 0.269 e. The lowest BCUT2D eigenvalue weighted by Gasteiger charge is -2.38. The number of rotatable bonds is 5. The summed E-state index contributed by atoms with van der Waals surface area (Å²) in [5.74, 6) is -0.448. The first kappa shape index (κ1) is 20.3. The molecule has 1 N–H and O–H groups in total. The Bertz CT molecular complexity index is 1020. The van der Waals surface area contributed by atoms with Crippen LogP contribution in [0.5, 0.6) is 0 Å². The molecule has 0 aliphatic carbocycles. The minimum absolute atomic E-state index is 0.0935. The molecule has 154 valence electrons. The van der Waals surface area contributed by atoms with Gasteiger partial charge in [0, 0.05) is 24.7 Å². The fraction of sp³-hybridized carbons (Fsp3) is 0.381. The van der Waals surface area contributed by atoms with E-state index in [1.807, 2.05) is 12.1 Å². The van der Waals surface area contributed by atoms with Crippen LogP contribution in [0.25, 0.3) is 0 Å². The maximum Gasteiger partial charge on any atom is 0.269 e. The van der Waals surface area contributed by atoms with Crippen LogP contribution >= 0.6 is 11.6 Å². The molecule has 2 aliphatic rings. The van der Waals surface area contributed by atoms with Gasteiger partial charge < -0.3 is 10.0 Å². The van der Waals surface area contributed by atoms with Gasteiger partial charge >= 0.3 is 0 Å². The van der Waals surface area contributed by atoms with E-state index in [1.165, 1.54) is 6.07 Å². The van der Waals surface area contributed by atoms with Crippen LogP contribution in [-0.2, 0) is 15.6 Å². The van der Waals surface area contributed by atoms with Crippen molar-refractivity contribution < 1.29 is 18.3 Å². The zero-order valence-corrected chi connectivity index (χ0v) is 17.5. The van der Waals surface area contributed by atoms with Gasteiger partial charge in [-0.2, -0.15) is 0 Å². The average molecular weight is 435 g/mol. The van der Waals surface area contributed by atoms with Crippen molar-refractivity contribution in [1.82, 2.24) is 9.21 Å². The van der Waals surface area contributed by atoms with Gasteiger partial charge in [0.25, 0.3) is 15.9 Å². The third kappa shape index (κ3) is 3.80. The summed E-state index contributed by atoms with van der Waals surface area (Å²) in [6.45, 7) is 2.25. The van der Waals surface area contributed by atoms with Crippen LogP contribution in [0, 0.1) is 0 Å². The molecule has 2 heterocycles. The van der Waals surface area contributed by atoms with Crippen LogP contribution in [0.15, 0.2) is 53.4 Å². The van der Waals surface area contributed by atoms with Gasteiger partial charge in [-0.1, -0.05) is 35.9 Å². The quantitative estimate of drug-likeness (QED) is 0.782. The highest BCUT2D eigenvalue weighted by molar-refractivity contribution is 7.90. The molecule has 0 atom stereocenters. The number of hydrogen-bond donors (Lipinski definition) is 1. The molecule has 0 saturated carbocycles. The topological polar surface area (TPSA) is 77.9 Å². The van der Waals surface area contributed by atoms with Crippen LogP contribution in [0.1, 0.15) is 35.2 Å². The number of fused-ring (bicyclic) bond motifs is 1. The first-order valence-electron chi connectivity index (χ1n) is 9.68. The molecule has 0 spiro atoms. The number of piperidine rings is 1. The molecule has 2 aliphatic heterocycles. The number of likely N-dealkylation sites (tertiary alicyclic amines) is 1. The van der Waals surface area contributed by atoms with E-state index in [1.54, 1.807) is 30.3 Å². The molecule has 6 nitrogen and oxygen atoms in total. The van der Waals surface area contributed by atoms with Crippen molar-refractivity contribution in [2.24, 2.45) is 0 Å². The van der Waals surface area contributed by atoms with Crippen molar-refractivity contribution in [3.05, 3.63) is 64.7 Å². The summed E-state index contributed by atoms with van der Waals surface area (Å²) in [6, 6.07) is 13.6. The number of halogens is 1. The monoisotopic (exact) mass is 434 g/mol. The molecule has 1 saturated heterocycles. The van der Waals surface area contributed by atoms with Crippen LogP contribution in [0.4, 0.5) is 0 Å². The molecule has 0 aromatic heterocycles. The molecular weight excluding hydrogens is 412 g/mol. The van der Waals surface area contributed by atoms with E-state index in [4.69, 9.17) is 11.6 Å². The first-order chi connectivity index (χ1) is 13.8. The number of benzene rings is 2. The summed E-state index contributed by atoms with van der Waals surface area (Å²) in [6.07, 6.45) is 1.75. The Morgan fingerprint density at radius 2 is 1.66 bits per heavy atom. The van der Waals surface area contributed by atoms with Crippen molar-refractivity contribution in [2.75, 3.05) is 26.2 Å². The number of carbonyl (C=O) groups excluding carboxylic acids is 1. The molecule has 4 rings (SSSR count). The summed E-state index contributed by atoms with van der Waals surface area (Å²) < 4.78 is 26.2. The predicted octanol–water partition coefficient (Wildman–Crippen LogP) is 2.86. The molecule has 1 fully saturated rings. The lowest BCUT2D eigenvalue weighted by molar-refractivity contribution is -0.0260.